The third-order valence-corrected chi connectivity index (χ3v) is 4.79. The molecule has 1 aliphatic rings. The monoisotopic (exact) mass is 382 g/mol. The van der Waals surface area contributed by atoms with Crippen LogP contribution < -0.4 is 10.2 Å². The minimum absolute atomic E-state index is 0.0593. The van der Waals surface area contributed by atoms with Gasteiger partial charge in [-0.05, 0) is 43.2 Å². The fourth-order valence-corrected chi connectivity index (χ4v) is 3.43. The molecule has 0 fully saturated rings. The molecule has 5 nitrogen and oxygen atoms in total. The largest absolute Gasteiger partial charge is 0.322 e. The lowest BCUT2D eigenvalue weighted by atomic mass is 10.1. The number of carbonyl (C=O) groups is 1. The molecule has 1 N–H and O–H groups in total. The molecule has 1 aromatic heterocycles. The van der Waals surface area contributed by atoms with Gasteiger partial charge in [-0.2, -0.15) is 0 Å². The van der Waals surface area contributed by atoms with E-state index in [4.69, 9.17) is 11.6 Å². The third kappa shape index (κ3) is 3.36. The lowest BCUT2D eigenvalue weighted by Crippen LogP contribution is -2.25. The van der Waals surface area contributed by atoms with Crippen LogP contribution in [0.4, 0.5) is 21.6 Å². The maximum Gasteiger partial charge on any atom is 0.275 e. The van der Waals surface area contributed by atoms with Crippen molar-refractivity contribution in [2.45, 2.75) is 19.4 Å². The molecule has 1 atom stereocenters. The van der Waals surface area contributed by atoms with Crippen LogP contribution in [0.1, 0.15) is 23.0 Å². The van der Waals surface area contributed by atoms with Gasteiger partial charge in [0.25, 0.3) is 5.91 Å². The fourth-order valence-electron chi connectivity index (χ4n) is 3.25. The lowest BCUT2D eigenvalue weighted by Gasteiger charge is -2.23. The topological polar surface area (TPSA) is 58.1 Å². The summed E-state index contributed by atoms with van der Waals surface area (Å²) in [7, 11) is 0. The number of nitrogens with zero attached hydrogens (tertiary/aromatic N) is 3. The summed E-state index contributed by atoms with van der Waals surface area (Å²) in [4.78, 5) is 23.1. The molecule has 0 saturated carbocycles. The fraction of sp³-hybridized carbons (Fsp3) is 0.150. The van der Waals surface area contributed by atoms with Crippen LogP contribution in [0.25, 0.3) is 0 Å². The number of anilines is 3. The van der Waals surface area contributed by atoms with Gasteiger partial charge in [0.15, 0.2) is 5.82 Å². The molecule has 0 radical (unpaired) electrons. The van der Waals surface area contributed by atoms with E-state index in [1.807, 2.05) is 12.1 Å². The van der Waals surface area contributed by atoms with Crippen LogP contribution in [0.5, 0.6) is 0 Å². The molecule has 1 amide bonds. The molecule has 2 heterocycles. The van der Waals surface area contributed by atoms with Gasteiger partial charge >= 0.3 is 0 Å². The Labute approximate surface area is 160 Å². The van der Waals surface area contributed by atoms with Gasteiger partial charge in [-0.25, -0.2) is 14.4 Å². The number of aromatic nitrogens is 2. The van der Waals surface area contributed by atoms with Crippen molar-refractivity contribution in [3.63, 3.8) is 0 Å². The second-order valence-electron chi connectivity index (χ2n) is 6.39. The number of amides is 1. The maximum atomic E-state index is 13.2. The highest BCUT2D eigenvalue weighted by Gasteiger charge is 2.28. The number of fused-ring (bicyclic) bond motifs is 1. The molecule has 3 aromatic rings. The quantitative estimate of drug-likeness (QED) is 0.719. The first-order valence-corrected chi connectivity index (χ1v) is 8.86. The van der Waals surface area contributed by atoms with E-state index in [0.29, 0.717) is 11.5 Å². The SMILES string of the molecule is CC1Cc2ccccc2N1c1cnc(C(=O)Nc2ccc(F)c(Cl)c2)cn1. The molecule has 0 aliphatic carbocycles. The first-order valence-electron chi connectivity index (χ1n) is 8.48. The van der Waals surface area contributed by atoms with Crippen molar-refractivity contribution in [2.75, 3.05) is 10.2 Å². The summed E-state index contributed by atoms with van der Waals surface area (Å²) in [5.74, 6) is -0.292. The van der Waals surface area contributed by atoms with Gasteiger partial charge in [0, 0.05) is 17.4 Å². The molecule has 2 aromatic carbocycles. The minimum atomic E-state index is -0.543. The Bertz CT molecular complexity index is 1010. The first-order chi connectivity index (χ1) is 13.0. The molecule has 27 heavy (non-hydrogen) atoms. The maximum absolute atomic E-state index is 13.2. The summed E-state index contributed by atoms with van der Waals surface area (Å²) in [6.07, 6.45) is 3.96. The average molecular weight is 383 g/mol. The lowest BCUT2D eigenvalue weighted by molar-refractivity contribution is 0.102. The van der Waals surface area contributed by atoms with Crippen LogP contribution in [0, 0.1) is 5.82 Å². The van der Waals surface area contributed by atoms with Gasteiger partial charge in [0.05, 0.1) is 17.4 Å². The van der Waals surface area contributed by atoms with Gasteiger partial charge in [-0.15, -0.1) is 0 Å². The van der Waals surface area contributed by atoms with Crippen LogP contribution >= 0.6 is 11.6 Å². The van der Waals surface area contributed by atoms with Crippen LogP contribution in [-0.2, 0) is 6.42 Å². The standard InChI is InChI=1S/C20H16ClFN4O/c1-12-8-13-4-2-3-5-18(13)26(12)19-11-23-17(10-24-19)20(27)25-14-6-7-16(22)15(21)9-14/h2-7,9-12H,8H2,1H3,(H,25,27). The van der Waals surface area contributed by atoms with Crippen molar-refractivity contribution >= 4 is 34.7 Å². The highest BCUT2D eigenvalue weighted by Crippen LogP contribution is 2.36. The van der Waals surface area contributed by atoms with E-state index in [0.717, 1.165) is 12.1 Å². The Hall–Kier alpha value is -2.99. The van der Waals surface area contributed by atoms with E-state index in [1.165, 1.54) is 30.0 Å². The number of rotatable bonds is 3. The van der Waals surface area contributed by atoms with Crippen LogP contribution in [0.15, 0.2) is 54.9 Å². The second kappa shape index (κ2) is 6.96. The summed E-state index contributed by atoms with van der Waals surface area (Å²) >= 11 is 5.73. The van der Waals surface area contributed by atoms with Gasteiger partial charge in [0.1, 0.15) is 11.5 Å². The summed E-state index contributed by atoms with van der Waals surface area (Å²) in [5, 5.41) is 2.57. The first kappa shape index (κ1) is 17.4. The predicted octanol–water partition coefficient (Wildman–Crippen LogP) is 4.60. The van der Waals surface area contributed by atoms with Crippen molar-refractivity contribution in [3.05, 3.63) is 77.0 Å². The Morgan fingerprint density at radius 3 is 2.78 bits per heavy atom. The molecule has 136 valence electrons. The molecule has 1 unspecified atom stereocenters. The molecule has 1 aliphatic heterocycles. The van der Waals surface area contributed by atoms with Crippen molar-refractivity contribution in [1.82, 2.24) is 9.97 Å². The smallest absolute Gasteiger partial charge is 0.275 e. The van der Waals surface area contributed by atoms with Crippen LogP contribution in [0.2, 0.25) is 5.02 Å². The number of nitrogens with one attached hydrogen (secondary N) is 1. The van der Waals surface area contributed by atoms with Crippen LogP contribution in [-0.4, -0.2) is 21.9 Å². The Kier molecular flexibility index (Phi) is 4.49. The average Bonchev–Trinajstić information content (AvgIpc) is 3.00. The van der Waals surface area contributed by atoms with Crippen LogP contribution in [0.3, 0.4) is 0 Å². The highest BCUT2D eigenvalue weighted by atomic mass is 35.5. The highest BCUT2D eigenvalue weighted by molar-refractivity contribution is 6.31. The van der Waals surface area contributed by atoms with E-state index >= 15 is 0 Å². The predicted molar refractivity (Wildman–Crippen MR) is 103 cm³/mol. The van der Waals surface area contributed by atoms with E-state index in [1.54, 1.807) is 6.20 Å². The summed E-state index contributed by atoms with van der Waals surface area (Å²) in [6, 6.07) is 12.4. The third-order valence-electron chi connectivity index (χ3n) is 4.50. The van der Waals surface area contributed by atoms with E-state index < -0.39 is 11.7 Å². The molecule has 0 spiro atoms. The van der Waals surface area contributed by atoms with E-state index in [2.05, 4.69) is 39.2 Å². The number of para-hydroxylation sites is 1. The molecular weight excluding hydrogens is 367 g/mol. The molecule has 4 rings (SSSR count). The van der Waals surface area contributed by atoms with Gasteiger partial charge in [0.2, 0.25) is 0 Å². The number of hydrogen-bond acceptors (Lipinski definition) is 4. The van der Waals surface area contributed by atoms with Crippen molar-refractivity contribution in [3.8, 4) is 0 Å². The molecular formula is C20H16ClFN4O. The van der Waals surface area contributed by atoms with Gasteiger partial charge in [-0.3, -0.25) is 4.79 Å². The Morgan fingerprint density at radius 2 is 2.04 bits per heavy atom. The number of halogens is 2. The minimum Gasteiger partial charge on any atom is -0.322 e. The Morgan fingerprint density at radius 1 is 1.22 bits per heavy atom. The van der Waals surface area contributed by atoms with Crippen molar-refractivity contribution < 1.29 is 9.18 Å². The molecule has 0 saturated heterocycles. The zero-order valence-corrected chi connectivity index (χ0v) is 15.2. The zero-order chi connectivity index (χ0) is 19.0. The summed E-state index contributed by atoms with van der Waals surface area (Å²) in [5.41, 5.74) is 2.93. The van der Waals surface area contributed by atoms with E-state index in [9.17, 15) is 9.18 Å². The summed E-state index contributed by atoms with van der Waals surface area (Å²) < 4.78 is 13.2. The Balaban J connectivity index is 1.54. The molecule has 0 bridgehead atoms. The number of hydrogen-bond donors (Lipinski definition) is 1. The normalized spacial score (nSPS) is 15.5. The van der Waals surface area contributed by atoms with Crippen molar-refractivity contribution in [2.24, 2.45) is 0 Å². The van der Waals surface area contributed by atoms with Gasteiger partial charge in [-0.1, -0.05) is 29.8 Å². The summed E-state index contributed by atoms with van der Waals surface area (Å²) in [6.45, 7) is 2.13. The van der Waals surface area contributed by atoms with Crippen molar-refractivity contribution in [1.29, 1.82) is 0 Å². The molecule has 7 heteroatoms. The number of benzene rings is 2. The van der Waals surface area contributed by atoms with Gasteiger partial charge < -0.3 is 10.2 Å². The second-order valence-corrected chi connectivity index (χ2v) is 6.80. The number of carbonyl (C=O) groups excluding carboxylic acids is 1. The zero-order valence-electron chi connectivity index (χ0n) is 14.5. The van der Waals surface area contributed by atoms with E-state index in [-0.39, 0.29) is 16.8 Å².